The molecule has 0 aliphatic heterocycles. The van der Waals surface area contributed by atoms with Crippen LogP contribution in [0, 0.1) is 6.92 Å². The number of aryl methyl sites for hydroxylation is 1. The number of aliphatic hydroxyl groups is 1. The minimum absolute atomic E-state index is 0.000892. The van der Waals surface area contributed by atoms with Crippen LogP contribution in [0.25, 0.3) is 11.3 Å². The summed E-state index contributed by atoms with van der Waals surface area (Å²) in [5.74, 6) is 1.63. The van der Waals surface area contributed by atoms with Crippen molar-refractivity contribution in [3.63, 3.8) is 0 Å². The third kappa shape index (κ3) is 4.84. The minimum atomic E-state index is -0.149. The van der Waals surface area contributed by atoms with E-state index < -0.39 is 0 Å². The molecule has 0 spiro atoms. The fourth-order valence-corrected chi connectivity index (χ4v) is 3.05. The number of hydrogen-bond acceptors (Lipinski definition) is 6. The zero-order valence-electron chi connectivity index (χ0n) is 16.8. The molecule has 0 fully saturated rings. The Labute approximate surface area is 166 Å². The molecule has 3 N–H and O–H groups in total. The number of aromatic nitrogens is 3. The van der Waals surface area contributed by atoms with Gasteiger partial charge in [0.25, 0.3) is 0 Å². The van der Waals surface area contributed by atoms with E-state index in [0.717, 1.165) is 16.9 Å². The molecule has 0 saturated heterocycles. The summed E-state index contributed by atoms with van der Waals surface area (Å²) in [6.45, 7) is 8.39. The lowest BCUT2D eigenvalue weighted by molar-refractivity contribution is 0.281. The van der Waals surface area contributed by atoms with E-state index in [1.165, 1.54) is 11.1 Å². The van der Waals surface area contributed by atoms with Crippen LogP contribution in [0.1, 0.15) is 37.8 Å². The van der Waals surface area contributed by atoms with E-state index in [1.807, 2.05) is 25.1 Å². The molecule has 0 radical (unpaired) electrons. The number of anilines is 3. The van der Waals surface area contributed by atoms with Gasteiger partial charge in [0, 0.05) is 35.8 Å². The van der Waals surface area contributed by atoms with Gasteiger partial charge in [-0.25, -0.2) is 4.98 Å². The van der Waals surface area contributed by atoms with E-state index in [2.05, 4.69) is 64.6 Å². The predicted molar refractivity (Wildman–Crippen MR) is 114 cm³/mol. The Morgan fingerprint density at radius 2 is 1.89 bits per heavy atom. The normalized spacial score (nSPS) is 12.1. The summed E-state index contributed by atoms with van der Waals surface area (Å²) >= 11 is 0. The third-order valence-electron chi connectivity index (χ3n) is 4.50. The number of pyridine rings is 1. The van der Waals surface area contributed by atoms with Gasteiger partial charge >= 0.3 is 0 Å². The van der Waals surface area contributed by atoms with Crippen molar-refractivity contribution in [1.29, 1.82) is 0 Å². The van der Waals surface area contributed by atoms with E-state index in [1.54, 1.807) is 12.4 Å². The first-order valence-electron chi connectivity index (χ1n) is 9.50. The molecule has 2 heterocycles. The Morgan fingerprint density at radius 1 is 1.07 bits per heavy atom. The smallest absolute Gasteiger partial charge is 0.225 e. The van der Waals surface area contributed by atoms with E-state index >= 15 is 0 Å². The number of nitrogens with one attached hydrogen (secondary N) is 2. The summed E-state index contributed by atoms with van der Waals surface area (Å²) in [5, 5.41) is 15.9. The second kappa shape index (κ2) is 8.80. The van der Waals surface area contributed by atoms with Gasteiger partial charge in [-0.05, 0) is 55.2 Å². The largest absolute Gasteiger partial charge is 0.394 e. The molecule has 1 atom stereocenters. The van der Waals surface area contributed by atoms with Crippen molar-refractivity contribution >= 4 is 17.5 Å². The third-order valence-corrected chi connectivity index (χ3v) is 4.50. The fraction of sp³-hybridized carbons (Fsp3) is 0.318. The Balaban J connectivity index is 1.95. The topological polar surface area (TPSA) is 83.0 Å². The van der Waals surface area contributed by atoms with Crippen LogP contribution in [0.2, 0.25) is 0 Å². The van der Waals surface area contributed by atoms with Gasteiger partial charge < -0.3 is 15.7 Å². The number of benzene rings is 1. The van der Waals surface area contributed by atoms with Crippen LogP contribution in [-0.4, -0.2) is 32.7 Å². The van der Waals surface area contributed by atoms with Crippen LogP contribution in [0.15, 0.2) is 48.8 Å². The maximum absolute atomic E-state index is 9.34. The predicted octanol–water partition coefficient (Wildman–Crippen LogP) is 4.51. The second-order valence-corrected chi connectivity index (χ2v) is 7.28. The van der Waals surface area contributed by atoms with Gasteiger partial charge in [0.15, 0.2) is 0 Å². The molecule has 0 aliphatic rings. The molecule has 0 bridgehead atoms. The summed E-state index contributed by atoms with van der Waals surface area (Å²) < 4.78 is 0. The zero-order valence-corrected chi connectivity index (χ0v) is 16.8. The maximum Gasteiger partial charge on any atom is 0.225 e. The van der Waals surface area contributed by atoms with Gasteiger partial charge in [-0.15, -0.1) is 0 Å². The Bertz CT molecular complexity index is 927. The zero-order chi connectivity index (χ0) is 20.1. The first kappa shape index (κ1) is 19.8. The van der Waals surface area contributed by atoms with E-state index in [-0.39, 0.29) is 12.6 Å². The van der Waals surface area contributed by atoms with E-state index in [9.17, 15) is 5.11 Å². The molecule has 0 amide bonds. The Morgan fingerprint density at radius 3 is 2.54 bits per heavy atom. The van der Waals surface area contributed by atoms with Crippen LogP contribution in [0.3, 0.4) is 0 Å². The molecule has 6 nitrogen and oxygen atoms in total. The lowest BCUT2D eigenvalue weighted by Gasteiger charge is -2.15. The second-order valence-electron chi connectivity index (χ2n) is 7.28. The van der Waals surface area contributed by atoms with Crippen molar-refractivity contribution in [2.45, 2.75) is 39.7 Å². The van der Waals surface area contributed by atoms with Crippen molar-refractivity contribution in [3.8, 4) is 11.3 Å². The molecular weight excluding hydrogens is 350 g/mol. The summed E-state index contributed by atoms with van der Waals surface area (Å²) in [6, 6.07) is 11.9. The monoisotopic (exact) mass is 377 g/mol. The molecule has 3 rings (SSSR count). The highest BCUT2D eigenvalue weighted by Crippen LogP contribution is 2.26. The Hall–Kier alpha value is -2.99. The average molecular weight is 377 g/mol. The lowest BCUT2D eigenvalue weighted by atomic mass is 9.98. The van der Waals surface area contributed by atoms with Gasteiger partial charge in [-0.3, -0.25) is 4.98 Å². The Kier molecular flexibility index (Phi) is 6.21. The van der Waals surface area contributed by atoms with Crippen molar-refractivity contribution in [3.05, 3.63) is 59.9 Å². The highest BCUT2D eigenvalue weighted by molar-refractivity contribution is 5.67. The first-order valence-corrected chi connectivity index (χ1v) is 9.50. The van der Waals surface area contributed by atoms with Gasteiger partial charge in [0.05, 0.1) is 12.3 Å². The molecule has 0 aliphatic carbocycles. The molecule has 6 heteroatoms. The quantitative estimate of drug-likeness (QED) is 0.562. The van der Waals surface area contributed by atoms with Gasteiger partial charge in [0.2, 0.25) is 5.95 Å². The van der Waals surface area contributed by atoms with Crippen molar-refractivity contribution in [1.82, 2.24) is 15.0 Å². The fourth-order valence-electron chi connectivity index (χ4n) is 3.05. The minimum Gasteiger partial charge on any atom is -0.394 e. The number of rotatable bonds is 7. The highest BCUT2D eigenvalue weighted by atomic mass is 16.3. The maximum atomic E-state index is 9.34. The molecule has 146 valence electrons. The number of aliphatic hydroxyl groups excluding tert-OH is 1. The van der Waals surface area contributed by atoms with E-state index in [4.69, 9.17) is 0 Å². The summed E-state index contributed by atoms with van der Waals surface area (Å²) in [7, 11) is 0. The lowest BCUT2D eigenvalue weighted by Crippen LogP contribution is -2.21. The van der Waals surface area contributed by atoms with Crippen LogP contribution < -0.4 is 10.6 Å². The van der Waals surface area contributed by atoms with Crippen molar-refractivity contribution in [2.24, 2.45) is 0 Å². The summed E-state index contributed by atoms with van der Waals surface area (Å²) in [4.78, 5) is 13.3. The van der Waals surface area contributed by atoms with Crippen molar-refractivity contribution < 1.29 is 5.11 Å². The highest BCUT2D eigenvalue weighted by Gasteiger charge is 2.10. The van der Waals surface area contributed by atoms with Crippen LogP contribution >= 0.6 is 0 Å². The van der Waals surface area contributed by atoms with Crippen LogP contribution in [0.5, 0.6) is 0 Å². The van der Waals surface area contributed by atoms with Crippen LogP contribution in [-0.2, 0) is 0 Å². The van der Waals surface area contributed by atoms with Crippen LogP contribution in [0.4, 0.5) is 17.5 Å². The summed E-state index contributed by atoms with van der Waals surface area (Å²) in [6.07, 6.45) is 3.50. The molecule has 0 unspecified atom stereocenters. The molecule has 1 aromatic carbocycles. The van der Waals surface area contributed by atoms with Gasteiger partial charge in [0.1, 0.15) is 5.82 Å². The SMILES string of the molecule is Cc1cc(Nc2cc(-c3cccnc3)nc(N[C@@H](C)CO)n2)ccc1C(C)C. The molecule has 28 heavy (non-hydrogen) atoms. The molecule has 0 saturated carbocycles. The number of hydrogen-bond donors (Lipinski definition) is 3. The average Bonchev–Trinajstić information content (AvgIpc) is 2.68. The molecule has 2 aromatic heterocycles. The molecular formula is C22H27N5O. The molecule has 3 aromatic rings. The summed E-state index contributed by atoms with van der Waals surface area (Å²) in [5.41, 5.74) is 5.21. The van der Waals surface area contributed by atoms with Gasteiger partial charge in [-0.2, -0.15) is 4.98 Å². The van der Waals surface area contributed by atoms with Crippen molar-refractivity contribution in [2.75, 3.05) is 17.2 Å². The number of nitrogens with zero attached hydrogens (tertiary/aromatic N) is 3. The van der Waals surface area contributed by atoms with E-state index in [0.29, 0.717) is 17.7 Å². The first-order chi connectivity index (χ1) is 13.5. The standard InChI is InChI=1S/C22H27N5O/c1-14(2)19-8-7-18(10-15(19)3)25-21-11-20(17-6-5-9-23-12-17)26-22(27-21)24-16(4)13-28/h5-12,14,16,28H,13H2,1-4H3,(H2,24,25,26,27)/t16-/m0/s1. The van der Waals surface area contributed by atoms with Gasteiger partial charge in [-0.1, -0.05) is 19.9 Å².